The van der Waals surface area contributed by atoms with Crippen molar-refractivity contribution in [2.75, 3.05) is 26.8 Å². The minimum atomic E-state index is -0.219. The van der Waals surface area contributed by atoms with E-state index < -0.39 is 0 Å². The summed E-state index contributed by atoms with van der Waals surface area (Å²) in [5.41, 5.74) is 1.12. The van der Waals surface area contributed by atoms with E-state index in [1.165, 1.54) is 16.2 Å². The first kappa shape index (κ1) is 24.3. The molecule has 8 heteroatoms. The number of rotatable bonds is 9. The molecule has 4 rings (SSSR count). The molecule has 2 unspecified atom stereocenters. The van der Waals surface area contributed by atoms with Gasteiger partial charge in [0.25, 0.3) is 5.91 Å². The van der Waals surface area contributed by atoms with Crippen molar-refractivity contribution in [3.8, 4) is 11.5 Å². The maximum absolute atomic E-state index is 13.6. The molecule has 0 saturated carbocycles. The van der Waals surface area contributed by atoms with E-state index >= 15 is 0 Å². The fourth-order valence-electron chi connectivity index (χ4n) is 4.21. The summed E-state index contributed by atoms with van der Waals surface area (Å²) in [6.45, 7) is 5.00. The maximum atomic E-state index is 13.6. The summed E-state index contributed by atoms with van der Waals surface area (Å²) in [5.74, 6) is 1.16. The molecule has 2 atom stereocenters. The SMILES string of the molecule is CCC(C)N(CC(=O)N1CCc2sccc2C1COc1ccccc1OC)C(=O)c1cccs1. The summed E-state index contributed by atoms with van der Waals surface area (Å²) >= 11 is 3.12. The number of carbonyl (C=O) groups is 2. The summed E-state index contributed by atoms with van der Waals surface area (Å²) < 4.78 is 11.6. The number of methoxy groups -OCH3 is 1. The lowest BCUT2D eigenvalue weighted by molar-refractivity contribution is -0.136. The number of nitrogens with zero attached hydrogens (tertiary/aromatic N) is 2. The van der Waals surface area contributed by atoms with Crippen molar-refractivity contribution >= 4 is 34.5 Å². The number of fused-ring (bicyclic) bond motifs is 1. The van der Waals surface area contributed by atoms with E-state index in [1.54, 1.807) is 23.3 Å². The molecule has 2 aromatic heterocycles. The number of para-hydroxylation sites is 2. The van der Waals surface area contributed by atoms with Crippen LogP contribution in [0, 0.1) is 0 Å². The average molecular weight is 499 g/mol. The van der Waals surface area contributed by atoms with Gasteiger partial charge >= 0.3 is 0 Å². The molecule has 2 amide bonds. The van der Waals surface area contributed by atoms with Gasteiger partial charge in [-0.2, -0.15) is 0 Å². The molecule has 3 aromatic rings. The second kappa shape index (κ2) is 11.1. The lowest BCUT2D eigenvalue weighted by Gasteiger charge is -2.38. The van der Waals surface area contributed by atoms with Crippen molar-refractivity contribution in [2.45, 2.75) is 38.8 Å². The molecule has 0 spiro atoms. The number of ether oxygens (including phenoxy) is 2. The van der Waals surface area contributed by atoms with E-state index in [0.717, 1.165) is 18.4 Å². The van der Waals surface area contributed by atoms with Crippen molar-refractivity contribution in [3.05, 3.63) is 68.5 Å². The number of benzene rings is 1. The minimum absolute atomic E-state index is 0.0386. The van der Waals surface area contributed by atoms with E-state index in [2.05, 4.69) is 11.4 Å². The van der Waals surface area contributed by atoms with Gasteiger partial charge in [-0.25, -0.2) is 0 Å². The first-order chi connectivity index (χ1) is 16.5. The molecule has 0 N–H and O–H groups in total. The second-order valence-corrected chi connectivity index (χ2v) is 10.2. The largest absolute Gasteiger partial charge is 0.493 e. The summed E-state index contributed by atoms with van der Waals surface area (Å²) in [5, 5.41) is 3.96. The van der Waals surface area contributed by atoms with Gasteiger partial charge in [0.2, 0.25) is 5.91 Å². The zero-order valence-corrected chi connectivity index (χ0v) is 21.4. The van der Waals surface area contributed by atoms with Gasteiger partial charge in [-0.1, -0.05) is 25.1 Å². The van der Waals surface area contributed by atoms with Crippen molar-refractivity contribution in [3.63, 3.8) is 0 Å². The second-order valence-electron chi connectivity index (χ2n) is 8.28. The molecule has 0 fully saturated rings. The normalized spacial score (nSPS) is 16.0. The molecule has 1 aromatic carbocycles. The van der Waals surface area contributed by atoms with Crippen LogP contribution < -0.4 is 9.47 Å². The van der Waals surface area contributed by atoms with Crippen LogP contribution in [0.2, 0.25) is 0 Å². The van der Waals surface area contributed by atoms with E-state index in [0.29, 0.717) is 29.5 Å². The number of carbonyl (C=O) groups excluding carboxylic acids is 2. The Hall–Kier alpha value is -2.84. The third-order valence-corrected chi connectivity index (χ3v) is 8.16. The fraction of sp³-hybridized carbons (Fsp3) is 0.385. The molecule has 3 heterocycles. The van der Waals surface area contributed by atoms with Crippen molar-refractivity contribution in [1.82, 2.24) is 9.80 Å². The predicted octanol–water partition coefficient (Wildman–Crippen LogP) is 5.26. The Morgan fingerprint density at radius 1 is 1.12 bits per heavy atom. The Kier molecular flexibility index (Phi) is 7.90. The van der Waals surface area contributed by atoms with Crippen molar-refractivity contribution in [2.24, 2.45) is 0 Å². The molecule has 1 aliphatic rings. The Morgan fingerprint density at radius 3 is 2.62 bits per heavy atom. The van der Waals surface area contributed by atoms with Gasteiger partial charge in [-0.05, 0) is 60.4 Å². The van der Waals surface area contributed by atoms with E-state index in [-0.39, 0.29) is 30.4 Å². The lowest BCUT2D eigenvalue weighted by Crippen LogP contribution is -2.49. The first-order valence-corrected chi connectivity index (χ1v) is 13.2. The van der Waals surface area contributed by atoms with Crippen LogP contribution in [0.15, 0.2) is 53.2 Å². The van der Waals surface area contributed by atoms with Crippen molar-refractivity contribution < 1.29 is 19.1 Å². The van der Waals surface area contributed by atoms with Crippen LogP contribution >= 0.6 is 22.7 Å². The van der Waals surface area contributed by atoms with Gasteiger partial charge in [0.1, 0.15) is 13.2 Å². The van der Waals surface area contributed by atoms with Crippen LogP contribution in [0.1, 0.15) is 46.4 Å². The monoisotopic (exact) mass is 498 g/mol. The van der Waals surface area contributed by atoms with Crippen LogP contribution in [0.5, 0.6) is 11.5 Å². The summed E-state index contributed by atoms with van der Waals surface area (Å²) in [6, 6.07) is 13.0. The van der Waals surface area contributed by atoms with Gasteiger partial charge in [0, 0.05) is 17.5 Å². The highest BCUT2D eigenvalue weighted by atomic mass is 32.1. The zero-order chi connectivity index (χ0) is 24.1. The summed E-state index contributed by atoms with van der Waals surface area (Å²) in [6.07, 6.45) is 1.59. The molecule has 0 radical (unpaired) electrons. The average Bonchev–Trinajstić information content (AvgIpc) is 3.57. The molecule has 34 heavy (non-hydrogen) atoms. The van der Waals surface area contributed by atoms with Gasteiger partial charge < -0.3 is 19.3 Å². The smallest absolute Gasteiger partial charge is 0.264 e. The Bertz CT molecular complexity index is 1110. The third-order valence-electron chi connectivity index (χ3n) is 6.30. The quantitative estimate of drug-likeness (QED) is 0.404. The lowest BCUT2D eigenvalue weighted by atomic mass is 10.00. The molecule has 6 nitrogen and oxygen atoms in total. The van der Waals surface area contributed by atoms with Crippen molar-refractivity contribution in [1.29, 1.82) is 0 Å². The molecule has 0 bridgehead atoms. The number of amides is 2. The van der Waals surface area contributed by atoms with E-state index in [4.69, 9.17) is 9.47 Å². The van der Waals surface area contributed by atoms with Gasteiger partial charge in [-0.15, -0.1) is 22.7 Å². The zero-order valence-electron chi connectivity index (χ0n) is 19.7. The van der Waals surface area contributed by atoms with E-state index in [1.807, 2.05) is 60.5 Å². The summed E-state index contributed by atoms with van der Waals surface area (Å²) in [7, 11) is 1.61. The first-order valence-electron chi connectivity index (χ1n) is 11.5. The van der Waals surface area contributed by atoms with E-state index in [9.17, 15) is 9.59 Å². The van der Waals surface area contributed by atoms with Crippen LogP contribution in [0.3, 0.4) is 0 Å². The van der Waals surface area contributed by atoms with Crippen LogP contribution in [0.4, 0.5) is 0 Å². The predicted molar refractivity (Wildman–Crippen MR) is 136 cm³/mol. The molecule has 0 saturated heterocycles. The van der Waals surface area contributed by atoms with Crippen LogP contribution in [-0.2, 0) is 11.2 Å². The Labute approximate surface area is 208 Å². The van der Waals surface area contributed by atoms with Gasteiger partial charge in [0.15, 0.2) is 11.5 Å². The Morgan fingerprint density at radius 2 is 1.91 bits per heavy atom. The highest BCUT2D eigenvalue weighted by molar-refractivity contribution is 7.12. The third kappa shape index (κ3) is 5.13. The molecular formula is C26H30N2O4S2. The molecule has 180 valence electrons. The molecule has 1 aliphatic heterocycles. The van der Waals surface area contributed by atoms with Gasteiger partial charge in [-0.3, -0.25) is 9.59 Å². The van der Waals surface area contributed by atoms with Crippen LogP contribution in [0.25, 0.3) is 0 Å². The highest BCUT2D eigenvalue weighted by Gasteiger charge is 2.34. The number of hydrogen-bond acceptors (Lipinski definition) is 6. The van der Waals surface area contributed by atoms with Crippen LogP contribution in [-0.4, -0.2) is 54.5 Å². The Balaban J connectivity index is 1.55. The summed E-state index contributed by atoms with van der Waals surface area (Å²) in [4.78, 5) is 32.3. The maximum Gasteiger partial charge on any atom is 0.264 e. The minimum Gasteiger partial charge on any atom is -0.493 e. The topological polar surface area (TPSA) is 59.1 Å². The fourth-order valence-corrected chi connectivity index (χ4v) is 5.82. The van der Waals surface area contributed by atoms with Gasteiger partial charge in [0.05, 0.1) is 18.0 Å². The number of hydrogen-bond donors (Lipinski definition) is 0. The number of thiophene rings is 2. The molecule has 0 aliphatic carbocycles. The highest BCUT2D eigenvalue weighted by Crippen LogP contribution is 2.35. The standard InChI is InChI=1S/C26H30N2O4S2/c1-4-18(2)28(26(30)24-10-7-14-33-24)16-25(29)27-13-11-23-19(12-15-34-23)20(27)17-32-22-9-6-5-8-21(22)31-3/h5-10,12,14-15,18,20H,4,11,13,16-17H2,1-3H3. The molecular weight excluding hydrogens is 468 g/mol.